The number of aromatic nitrogens is 1. The molecule has 0 radical (unpaired) electrons. The maximum Gasteiger partial charge on any atom is 0.243 e. The van der Waals surface area contributed by atoms with Crippen LogP contribution in [0.15, 0.2) is 52.7 Å². The first-order chi connectivity index (χ1) is 15.1. The highest BCUT2D eigenvalue weighted by atomic mass is 32.2. The van der Waals surface area contributed by atoms with Crippen molar-refractivity contribution >= 4 is 26.5 Å². The molecule has 3 aromatic rings. The Hall–Kier alpha value is -2.22. The van der Waals surface area contributed by atoms with Gasteiger partial charge in [0.15, 0.2) is 5.13 Å². The Kier molecular flexibility index (Phi) is 6.18. The van der Waals surface area contributed by atoms with Crippen molar-refractivity contribution in [2.75, 3.05) is 31.1 Å². The van der Waals surface area contributed by atoms with E-state index in [9.17, 15) is 8.42 Å². The van der Waals surface area contributed by atoms with Crippen molar-refractivity contribution in [1.29, 1.82) is 0 Å². The van der Waals surface area contributed by atoms with E-state index in [1.54, 1.807) is 27.8 Å². The molecule has 0 spiro atoms. The molecule has 2 aromatic carbocycles. The van der Waals surface area contributed by atoms with Gasteiger partial charge in [-0.1, -0.05) is 51.1 Å². The summed E-state index contributed by atoms with van der Waals surface area (Å²) in [7, 11) is -3.49. The third kappa shape index (κ3) is 4.47. The van der Waals surface area contributed by atoms with Gasteiger partial charge in [-0.15, -0.1) is 11.3 Å². The Morgan fingerprint density at radius 1 is 0.938 bits per heavy atom. The highest BCUT2D eigenvalue weighted by Gasteiger charge is 2.30. The van der Waals surface area contributed by atoms with Gasteiger partial charge in [0.05, 0.1) is 10.6 Å². The van der Waals surface area contributed by atoms with Crippen LogP contribution in [0.1, 0.15) is 37.5 Å². The van der Waals surface area contributed by atoms with E-state index in [0.29, 0.717) is 31.1 Å². The highest BCUT2D eigenvalue weighted by Crippen LogP contribution is 2.31. The van der Waals surface area contributed by atoms with E-state index >= 15 is 0 Å². The van der Waals surface area contributed by atoms with Crippen molar-refractivity contribution in [2.24, 2.45) is 0 Å². The lowest BCUT2D eigenvalue weighted by Crippen LogP contribution is -2.48. The van der Waals surface area contributed by atoms with Gasteiger partial charge in [-0.05, 0) is 48.1 Å². The minimum absolute atomic E-state index is 0.00251. The molecule has 0 bridgehead atoms. The van der Waals surface area contributed by atoms with Crippen LogP contribution in [0, 0.1) is 13.8 Å². The normalized spacial score (nSPS) is 15.8. The van der Waals surface area contributed by atoms with Crippen molar-refractivity contribution in [3.63, 3.8) is 0 Å². The zero-order chi connectivity index (χ0) is 23.1. The summed E-state index contributed by atoms with van der Waals surface area (Å²) in [6.45, 7) is 12.8. The molecule has 5 nitrogen and oxygen atoms in total. The van der Waals surface area contributed by atoms with Gasteiger partial charge in [0.2, 0.25) is 10.0 Å². The van der Waals surface area contributed by atoms with Gasteiger partial charge in [-0.2, -0.15) is 4.31 Å². The van der Waals surface area contributed by atoms with Crippen LogP contribution in [0.3, 0.4) is 0 Å². The minimum atomic E-state index is -3.49. The van der Waals surface area contributed by atoms with Crippen molar-refractivity contribution < 1.29 is 8.42 Å². The average Bonchev–Trinajstić information content (AvgIpc) is 3.25. The Morgan fingerprint density at radius 2 is 1.59 bits per heavy atom. The molecule has 0 amide bonds. The molecule has 2 heterocycles. The summed E-state index contributed by atoms with van der Waals surface area (Å²) >= 11 is 1.62. The fraction of sp³-hybridized carbons (Fsp3) is 0.400. The molecule has 0 N–H and O–H groups in total. The lowest BCUT2D eigenvalue weighted by molar-refractivity contribution is 0.384. The van der Waals surface area contributed by atoms with Crippen molar-refractivity contribution in [2.45, 2.75) is 44.9 Å². The second kappa shape index (κ2) is 8.61. The number of rotatable bonds is 4. The van der Waals surface area contributed by atoms with E-state index in [4.69, 9.17) is 4.98 Å². The predicted molar refractivity (Wildman–Crippen MR) is 133 cm³/mol. The molecule has 1 aliphatic rings. The number of piperazine rings is 1. The molecule has 0 aliphatic carbocycles. The van der Waals surface area contributed by atoms with Gasteiger partial charge in [-0.25, -0.2) is 13.4 Å². The molecular formula is C25H31N3O2S2. The molecular weight excluding hydrogens is 438 g/mol. The van der Waals surface area contributed by atoms with Crippen LogP contribution in [0.5, 0.6) is 0 Å². The molecule has 7 heteroatoms. The monoisotopic (exact) mass is 469 g/mol. The summed E-state index contributed by atoms with van der Waals surface area (Å²) in [5.74, 6) is 0. The first kappa shape index (κ1) is 23.0. The number of anilines is 1. The maximum absolute atomic E-state index is 13.1. The van der Waals surface area contributed by atoms with E-state index < -0.39 is 10.0 Å². The SMILES string of the molecule is Cc1cccc(-c2csc(N3CCN(S(=O)(=O)c4ccc(C(C)(C)C)cc4)CC3)n2)c1C. The summed E-state index contributed by atoms with van der Waals surface area (Å²) in [6.07, 6.45) is 0. The van der Waals surface area contributed by atoms with Crippen molar-refractivity contribution in [3.8, 4) is 11.3 Å². The van der Waals surface area contributed by atoms with Crippen LogP contribution in [0.4, 0.5) is 5.13 Å². The van der Waals surface area contributed by atoms with E-state index in [0.717, 1.165) is 22.0 Å². The summed E-state index contributed by atoms with van der Waals surface area (Å²) in [6, 6.07) is 13.6. The minimum Gasteiger partial charge on any atom is -0.345 e. The van der Waals surface area contributed by atoms with Gasteiger partial charge >= 0.3 is 0 Å². The molecule has 4 rings (SSSR count). The lowest BCUT2D eigenvalue weighted by atomic mass is 9.87. The van der Waals surface area contributed by atoms with Gasteiger partial charge < -0.3 is 4.90 Å². The third-order valence-electron chi connectivity index (χ3n) is 6.24. The summed E-state index contributed by atoms with van der Waals surface area (Å²) in [5, 5.41) is 3.05. The third-order valence-corrected chi connectivity index (χ3v) is 9.05. The topological polar surface area (TPSA) is 53.5 Å². The fourth-order valence-electron chi connectivity index (χ4n) is 3.96. The largest absolute Gasteiger partial charge is 0.345 e. The average molecular weight is 470 g/mol. The molecule has 0 saturated carbocycles. The maximum atomic E-state index is 13.1. The summed E-state index contributed by atoms with van der Waals surface area (Å²) in [5.41, 5.74) is 5.78. The number of sulfonamides is 1. The number of hydrogen-bond donors (Lipinski definition) is 0. The Morgan fingerprint density at radius 3 is 2.22 bits per heavy atom. The highest BCUT2D eigenvalue weighted by molar-refractivity contribution is 7.89. The van der Waals surface area contributed by atoms with Gasteiger partial charge in [0.25, 0.3) is 0 Å². The van der Waals surface area contributed by atoms with E-state index in [1.165, 1.54) is 11.1 Å². The standard InChI is InChI=1S/C25H31N3O2S2/c1-18-7-6-8-22(19(18)2)23-17-31-24(26-23)27-13-15-28(16-14-27)32(29,30)21-11-9-20(10-12-21)25(3,4)5/h6-12,17H,13-16H2,1-5H3. The van der Waals surface area contributed by atoms with Gasteiger partial charge in [-0.3, -0.25) is 0 Å². The second-order valence-electron chi connectivity index (χ2n) is 9.43. The quantitative estimate of drug-likeness (QED) is 0.525. The lowest BCUT2D eigenvalue weighted by Gasteiger charge is -2.33. The molecule has 0 unspecified atom stereocenters. The number of hydrogen-bond acceptors (Lipinski definition) is 5. The predicted octanol–water partition coefficient (Wildman–Crippen LogP) is 5.24. The first-order valence-electron chi connectivity index (χ1n) is 10.9. The Balaban J connectivity index is 1.45. The van der Waals surface area contributed by atoms with Crippen molar-refractivity contribution in [1.82, 2.24) is 9.29 Å². The molecule has 32 heavy (non-hydrogen) atoms. The summed E-state index contributed by atoms with van der Waals surface area (Å²) < 4.78 is 27.9. The smallest absolute Gasteiger partial charge is 0.243 e. The molecule has 170 valence electrons. The van der Waals surface area contributed by atoms with Crippen LogP contribution in [-0.2, 0) is 15.4 Å². The second-order valence-corrected chi connectivity index (χ2v) is 12.2. The number of benzene rings is 2. The van der Waals surface area contributed by atoms with Crippen LogP contribution >= 0.6 is 11.3 Å². The van der Waals surface area contributed by atoms with E-state index in [1.807, 2.05) is 12.1 Å². The van der Waals surface area contributed by atoms with Gasteiger partial charge in [0.1, 0.15) is 0 Å². The van der Waals surface area contributed by atoms with Crippen LogP contribution in [-0.4, -0.2) is 43.9 Å². The van der Waals surface area contributed by atoms with E-state index in [-0.39, 0.29) is 5.41 Å². The number of nitrogens with zero attached hydrogens (tertiary/aromatic N) is 3. The molecule has 1 saturated heterocycles. The van der Waals surface area contributed by atoms with Gasteiger partial charge in [0, 0.05) is 37.1 Å². The first-order valence-corrected chi connectivity index (χ1v) is 13.3. The zero-order valence-electron chi connectivity index (χ0n) is 19.4. The number of thiazole rings is 1. The molecule has 1 aromatic heterocycles. The Bertz CT molecular complexity index is 1200. The Labute approximate surface area is 195 Å². The molecule has 1 fully saturated rings. The summed E-state index contributed by atoms with van der Waals surface area (Å²) in [4.78, 5) is 7.42. The number of aryl methyl sites for hydroxylation is 1. The molecule has 0 atom stereocenters. The van der Waals surface area contributed by atoms with Crippen LogP contribution in [0.25, 0.3) is 11.3 Å². The zero-order valence-corrected chi connectivity index (χ0v) is 21.1. The van der Waals surface area contributed by atoms with Crippen LogP contribution < -0.4 is 4.90 Å². The van der Waals surface area contributed by atoms with Crippen LogP contribution in [0.2, 0.25) is 0 Å². The fourth-order valence-corrected chi connectivity index (χ4v) is 6.26. The van der Waals surface area contributed by atoms with E-state index in [2.05, 4.69) is 63.1 Å². The molecule has 1 aliphatic heterocycles. The van der Waals surface area contributed by atoms with Crippen molar-refractivity contribution in [3.05, 3.63) is 64.5 Å².